The number of hydrogen-bond donors (Lipinski definition) is 1. The lowest BCUT2D eigenvalue weighted by molar-refractivity contribution is -0.150. The summed E-state index contributed by atoms with van der Waals surface area (Å²) in [5, 5.41) is 5.14. The van der Waals surface area contributed by atoms with E-state index in [9.17, 15) is 24.0 Å². The van der Waals surface area contributed by atoms with Crippen molar-refractivity contribution in [2.45, 2.75) is 117 Å². The summed E-state index contributed by atoms with van der Waals surface area (Å²) in [5.41, 5.74) is 1.17. The van der Waals surface area contributed by atoms with Crippen LogP contribution >= 0.6 is 11.3 Å². The average Bonchev–Trinajstić information content (AvgIpc) is 3.64. The fraction of sp³-hybridized carbons (Fsp3) is 0.619. The summed E-state index contributed by atoms with van der Waals surface area (Å²) in [4.78, 5) is 75.0. The molecular weight excluding hydrogens is 705 g/mol. The van der Waals surface area contributed by atoms with Crippen LogP contribution in [0.1, 0.15) is 114 Å². The van der Waals surface area contributed by atoms with Crippen LogP contribution in [0.2, 0.25) is 0 Å². The number of ether oxygens (including phenoxy) is 2. The minimum absolute atomic E-state index is 0.00130. The van der Waals surface area contributed by atoms with Gasteiger partial charge in [-0.3, -0.25) is 28.9 Å². The Morgan fingerprint density at radius 2 is 1.80 bits per heavy atom. The maximum atomic E-state index is 14.3. The summed E-state index contributed by atoms with van der Waals surface area (Å²) in [6, 6.07) is 8.80. The van der Waals surface area contributed by atoms with Crippen molar-refractivity contribution in [1.82, 2.24) is 20.1 Å². The van der Waals surface area contributed by atoms with E-state index in [0.717, 1.165) is 37.8 Å². The molecule has 0 saturated carbocycles. The number of piperidine rings is 1. The summed E-state index contributed by atoms with van der Waals surface area (Å²) in [6.07, 6.45) is 5.66. The number of amides is 2. The Hall–Kier alpha value is -3.90. The fourth-order valence-corrected chi connectivity index (χ4v) is 8.11. The van der Waals surface area contributed by atoms with Crippen molar-refractivity contribution in [2.24, 2.45) is 23.7 Å². The molecule has 1 saturated heterocycles. The van der Waals surface area contributed by atoms with Gasteiger partial charge in [-0.25, -0.2) is 4.98 Å². The van der Waals surface area contributed by atoms with E-state index in [1.165, 1.54) is 24.3 Å². The monoisotopic (exact) mass is 766 g/mol. The molecule has 1 aromatic carbocycles. The molecule has 7 atom stereocenters. The summed E-state index contributed by atoms with van der Waals surface area (Å²) in [7, 11) is 3.76. The Kier molecular flexibility index (Phi) is 18.0. The average molecular weight is 767 g/mol. The van der Waals surface area contributed by atoms with E-state index >= 15 is 0 Å². The lowest BCUT2D eigenvalue weighted by Gasteiger charge is -2.37. The van der Waals surface area contributed by atoms with Crippen LogP contribution < -0.4 is 5.32 Å². The second-order valence-corrected chi connectivity index (χ2v) is 16.1. The molecule has 0 unspecified atom stereocenters. The van der Waals surface area contributed by atoms with E-state index < -0.39 is 35.9 Å². The van der Waals surface area contributed by atoms with E-state index in [4.69, 9.17) is 9.47 Å². The molecule has 1 N–H and O–H groups in total. The number of rotatable bonds is 21. The molecule has 0 aliphatic carbocycles. The van der Waals surface area contributed by atoms with Crippen molar-refractivity contribution in [1.29, 1.82) is 0 Å². The smallest absolute Gasteiger partial charge is 0.309 e. The molecular formula is C42H62N4O7S. The Labute approximate surface area is 326 Å². The first-order chi connectivity index (χ1) is 25.7. The summed E-state index contributed by atoms with van der Waals surface area (Å²) in [6.45, 7) is 15.8. The number of nitrogens with zero attached hydrogens (tertiary/aromatic N) is 3. The predicted molar refractivity (Wildman–Crippen MR) is 212 cm³/mol. The van der Waals surface area contributed by atoms with Crippen LogP contribution in [0.5, 0.6) is 0 Å². The van der Waals surface area contributed by atoms with Gasteiger partial charge >= 0.3 is 11.9 Å². The number of aromatic nitrogens is 1. The van der Waals surface area contributed by atoms with Gasteiger partial charge < -0.3 is 19.7 Å². The molecule has 11 nitrogen and oxygen atoms in total. The van der Waals surface area contributed by atoms with Gasteiger partial charge in [-0.2, -0.15) is 0 Å². The highest BCUT2D eigenvalue weighted by atomic mass is 32.1. The van der Waals surface area contributed by atoms with E-state index in [0.29, 0.717) is 17.8 Å². The van der Waals surface area contributed by atoms with Gasteiger partial charge in [0.05, 0.1) is 12.0 Å². The maximum Gasteiger partial charge on any atom is 0.309 e. The molecule has 54 heavy (non-hydrogen) atoms. The maximum absolute atomic E-state index is 14.3. The molecule has 2 aromatic rings. The van der Waals surface area contributed by atoms with E-state index in [1.807, 2.05) is 65.1 Å². The van der Waals surface area contributed by atoms with E-state index in [2.05, 4.69) is 21.8 Å². The lowest BCUT2D eigenvalue weighted by Crippen LogP contribution is -2.48. The van der Waals surface area contributed by atoms with Gasteiger partial charge in [0.25, 0.3) is 5.91 Å². The first-order valence-electron chi connectivity index (χ1n) is 19.4. The number of Topliss-reactive ketones (excluding diaryl/α,β-unsaturated/α-hetero) is 1. The third-order valence-electron chi connectivity index (χ3n) is 10.7. The quantitative estimate of drug-likeness (QED) is 0.107. The SMILES string of the molecule is C=CCOC(=O)[C@@H](C)C[C@H](Cc1ccccc1)NC(=O)c1csc([C@@H](C[C@H](C(C)C)N(C)C(=O)[C@@H](CC(=O)[C@H]2CCCCN2C)[C@@H](C)CC)OC(C)=O)n1. The molecule has 2 heterocycles. The number of carbonyl (C=O) groups is 5. The minimum Gasteiger partial charge on any atom is -0.461 e. The Morgan fingerprint density at radius 1 is 1.09 bits per heavy atom. The third-order valence-corrected chi connectivity index (χ3v) is 11.6. The van der Waals surface area contributed by atoms with Gasteiger partial charge in [0.1, 0.15) is 17.3 Å². The van der Waals surface area contributed by atoms with Crippen molar-refractivity contribution in [3.63, 3.8) is 0 Å². The molecule has 298 valence electrons. The highest BCUT2D eigenvalue weighted by molar-refractivity contribution is 7.09. The second-order valence-electron chi connectivity index (χ2n) is 15.2. The molecule has 2 amide bonds. The Morgan fingerprint density at radius 3 is 2.41 bits per heavy atom. The third kappa shape index (κ3) is 13.1. The molecule has 1 aromatic heterocycles. The van der Waals surface area contributed by atoms with Crippen molar-refractivity contribution in [3.05, 3.63) is 64.6 Å². The van der Waals surface area contributed by atoms with Crippen molar-refractivity contribution >= 4 is 40.9 Å². The normalized spacial score (nSPS) is 18.1. The van der Waals surface area contributed by atoms with Crippen LogP contribution in [0.3, 0.4) is 0 Å². The molecule has 1 aliphatic rings. The number of esters is 2. The van der Waals surface area contributed by atoms with Gasteiger partial charge in [-0.1, -0.05) is 90.4 Å². The summed E-state index contributed by atoms with van der Waals surface area (Å²) >= 11 is 1.21. The van der Waals surface area contributed by atoms with Gasteiger partial charge in [-0.05, 0) is 56.7 Å². The Balaban J connectivity index is 1.81. The van der Waals surface area contributed by atoms with Gasteiger partial charge in [0, 0.05) is 50.2 Å². The zero-order valence-electron chi connectivity index (χ0n) is 33.5. The number of carbonyl (C=O) groups excluding carboxylic acids is 5. The number of likely N-dealkylation sites (tertiary alicyclic amines) is 1. The predicted octanol–water partition coefficient (Wildman–Crippen LogP) is 6.82. The standard InChI is InChI=1S/C42H62N4O7S/c1-10-21-52-42(51)29(6)22-32(23-31-17-13-12-14-18-31)43-39(49)34-26-54-40(44-34)38(53-30(7)47)25-36(27(3)4)46(9)41(50)33(28(5)11-2)24-37(48)35-19-15-16-20-45(35)8/h10,12-14,17-18,26-29,32-33,35-36,38H,1,11,15-16,19-25H2,2-9H3,(H,43,49)/t28-,29-,32+,33-,35+,36+,38+/m0/s1. The van der Waals surface area contributed by atoms with Crippen LogP contribution in [-0.4, -0.2) is 89.7 Å². The lowest BCUT2D eigenvalue weighted by atomic mass is 9.83. The van der Waals surface area contributed by atoms with Gasteiger partial charge in [0.15, 0.2) is 11.9 Å². The molecule has 0 spiro atoms. The fourth-order valence-electron chi connectivity index (χ4n) is 7.27. The number of benzene rings is 1. The molecule has 1 fully saturated rings. The Bertz CT molecular complexity index is 1550. The summed E-state index contributed by atoms with van der Waals surface area (Å²) in [5.74, 6) is -2.23. The zero-order valence-corrected chi connectivity index (χ0v) is 34.4. The summed E-state index contributed by atoms with van der Waals surface area (Å²) < 4.78 is 11.1. The van der Waals surface area contributed by atoms with E-state index in [1.54, 1.807) is 24.3 Å². The molecule has 0 bridgehead atoms. The number of nitrogens with one attached hydrogen (secondary N) is 1. The first-order valence-corrected chi connectivity index (χ1v) is 20.3. The van der Waals surface area contributed by atoms with Crippen LogP contribution in [0, 0.1) is 23.7 Å². The molecule has 3 rings (SSSR count). The highest BCUT2D eigenvalue weighted by Crippen LogP contribution is 2.33. The number of likely N-dealkylation sites (N-methyl/N-ethyl adjacent to an activating group) is 1. The van der Waals surface area contributed by atoms with E-state index in [-0.39, 0.29) is 66.7 Å². The largest absolute Gasteiger partial charge is 0.461 e. The van der Waals surface area contributed by atoms with Crippen LogP contribution in [0.15, 0.2) is 48.4 Å². The first kappa shape index (κ1) is 44.5. The second kappa shape index (κ2) is 21.9. The van der Waals surface area contributed by atoms with Gasteiger partial charge in [-0.15, -0.1) is 11.3 Å². The number of thiazole rings is 1. The molecule has 0 radical (unpaired) electrons. The minimum atomic E-state index is -0.809. The van der Waals surface area contributed by atoms with Crippen LogP contribution in [-0.2, 0) is 35.1 Å². The number of hydrogen-bond acceptors (Lipinski definition) is 10. The molecule has 1 aliphatic heterocycles. The van der Waals surface area contributed by atoms with Crippen LogP contribution in [0.4, 0.5) is 0 Å². The topological polar surface area (TPSA) is 135 Å². The van der Waals surface area contributed by atoms with Crippen molar-refractivity contribution in [2.75, 3.05) is 27.2 Å². The zero-order chi connectivity index (χ0) is 39.9. The number of ketones is 1. The van der Waals surface area contributed by atoms with Crippen LogP contribution in [0.25, 0.3) is 0 Å². The van der Waals surface area contributed by atoms with Gasteiger partial charge in [0.2, 0.25) is 5.91 Å². The highest BCUT2D eigenvalue weighted by Gasteiger charge is 2.37. The molecule has 12 heteroatoms. The van der Waals surface area contributed by atoms with Crippen molar-refractivity contribution < 1.29 is 33.4 Å². The van der Waals surface area contributed by atoms with Crippen molar-refractivity contribution in [3.8, 4) is 0 Å².